The molecule has 3 aliphatic rings. The van der Waals surface area contributed by atoms with Crippen molar-refractivity contribution in [2.75, 3.05) is 44.9 Å². The number of methoxy groups -OCH3 is 1. The van der Waals surface area contributed by atoms with Crippen LogP contribution in [0.5, 0.6) is 0 Å². The molecule has 2 bridgehead atoms. The van der Waals surface area contributed by atoms with Crippen LogP contribution in [0.25, 0.3) is 11.3 Å². The third-order valence-electron chi connectivity index (χ3n) is 14.6. The number of carbonyl (C=O) groups is 4. The maximum Gasteiger partial charge on any atom is 0.407 e. The van der Waals surface area contributed by atoms with E-state index < -0.39 is 97.5 Å². The molecule has 3 aliphatic heterocycles. The molecule has 0 aliphatic carbocycles. The van der Waals surface area contributed by atoms with E-state index in [9.17, 15) is 64.5 Å². The maximum atomic E-state index is 14.5. The van der Waals surface area contributed by atoms with Gasteiger partial charge in [0.05, 0.1) is 55.0 Å². The Morgan fingerprint density at radius 3 is 1.90 bits per heavy atom. The zero-order valence-corrected chi connectivity index (χ0v) is 43.7. The molecule has 3 saturated heterocycles. The van der Waals surface area contributed by atoms with E-state index in [0.29, 0.717) is 79.3 Å². The molecule has 79 heavy (non-hydrogen) atoms. The molecule has 7 rings (SSSR count). The molecule has 4 amide bonds. The van der Waals surface area contributed by atoms with E-state index in [2.05, 4.69) is 42.2 Å². The number of aromatic nitrogens is 3. The van der Waals surface area contributed by atoms with Gasteiger partial charge < -0.3 is 40.5 Å². The first kappa shape index (κ1) is 59.6. The van der Waals surface area contributed by atoms with Gasteiger partial charge in [-0.2, -0.15) is 31.4 Å². The molecule has 0 radical (unpaired) electrons. The van der Waals surface area contributed by atoms with Gasteiger partial charge in [-0.1, -0.05) is 48.2 Å². The first-order valence-electron chi connectivity index (χ1n) is 25.2. The lowest BCUT2D eigenvalue weighted by atomic mass is 9.82. The highest BCUT2D eigenvalue weighted by Crippen LogP contribution is 2.42. The van der Waals surface area contributed by atoms with Gasteiger partial charge in [-0.25, -0.2) is 28.4 Å². The van der Waals surface area contributed by atoms with E-state index in [1.807, 2.05) is 17.4 Å². The van der Waals surface area contributed by atoms with Crippen molar-refractivity contribution < 1.29 is 74.0 Å². The van der Waals surface area contributed by atoms with Crippen molar-refractivity contribution in [2.24, 2.45) is 10.8 Å². The summed E-state index contributed by atoms with van der Waals surface area (Å²) in [4.78, 5) is 61.8. The van der Waals surface area contributed by atoms with Crippen LogP contribution >= 0.6 is 0 Å². The molecule has 0 spiro atoms. The lowest BCUT2D eigenvalue weighted by Gasteiger charge is -2.47. The molecule has 0 saturated carbocycles. The SMILES string of the molecule is COC(=O)N[C@H](C(=O)NN(Cc1ccc(-c2ccn(CC(F)F)n2)cc1)C[C@H](O)[C@H](Cc1ccc(C#Cc2ccc(N3CC4CCC(C3)N4C3COC3)nc2)cc1)NC(=O)[C@@H](NC(=O)O)C(C)(C)C(F)(F)F)C(C)(C)C(F)(F)F. The van der Waals surface area contributed by atoms with Crippen LogP contribution in [-0.2, 0) is 38.6 Å². The number of fused-ring (bicyclic) bond motifs is 2. The number of aliphatic hydroxyl groups excluding tert-OH is 1. The molecule has 2 unspecified atom stereocenters. The molecule has 2 aromatic heterocycles. The number of amides is 4. The lowest BCUT2D eigenvalue weighted by Crippen LogP contribution is -2.63. The van der Waals surface area contributed by atoms with Crippen molar-refractivity contribution in [3.8, 4) is 23.1 Å². The molecule has 2 aromatic carbocycles. The summed E-state index contributed by atoms with van der Waals surface area (Å²) in [5.41, 5.74) is -1.11. The number of anilines is 1. The Hall–Kier alpha value is -7.08. The minimum absolute atomic E-state index is 0.302. The fourth-order valence-electron chi connectivity index (χ4n) is 9.69. The molecule has 6 atom stereocenters. The number of hydrazine groups is 1. The number of halogens is 8. The fraction of sp³-hybridized carbons (Fsp3) is 0.509. The van der Waals surface area contributed by atoms with Crippen molar-refractivity contribution in [3.05, 3.63) is 101 Å². The van der Waals surface area contributed by atoms with Crippen LogP contribution in [0.2, 0.25) is 0 Å². The number of benzene rings is 2. The van der Waals surface area contributed by atoms with Crippen LogP contribution < -0.4 is 26.3 Å². The van der Waals surface area contributed by atoms with Crippen LogP contribution in [0.1, 0.15) is 62.8 Å². The number of carboxylic acid groups (broad SMARTS) is 1. The zero-order chi connectivity index (χ0) is 57.6. The summed E-state index contributed by atoms with van der Waals surface area (Å²) in [6, 6.07) is 12.5. The summed E-state index contributed by atoms with van der Waals surface area (Å²) in [5, 5.41) is 32.6. The lowest BCUT2D eigenvalue weighted by molar-refractivity contribution is -0.221. The highest BCUT2D eigenvalue weighted by Gasteiger charge is 2.57. The second kappa shape index (κ2) is 24.5. The van der Waals surface area contributed by atoms with Crippen LogP contribution in [0.4, 0.5) is 50.5 Å². The van der Waals surface area contributed by atoms with Gasteiger partial charge >= 0.3 is 24.5 Å². The Kier molecular flexibility index (Phi) is 18.5. The second-order valence-corrected chi connectivity index (χ2v) is 20.9. The molecular weight excluding hydrogens is 1060 g/mol. The maximum absolute atomic E-state index is 14.5. The number of hydrogen-bond donors (Lipinski definition) is 6. The summed E-state index contributed by atoms with van der Waals surface area (Å²) in [7, 11) is 0.858. The van der Waals surface area contributed by atoms with Crippen molar-refractivity contribution in [1.82, 2.24) is 46.0 Å². The predicted molar refractivity (Wildman–Crippen MR) is 270 cm³/mol. The molecular formula is C53H62F8N10O8. The summed E-state index contributed by atoms with van der Waals surface area (Å²) < 4.78 is 124. The number of pyridine rings is 1. The van der Waals surface area contributed by atoms with E-state index in [4.69, 9.17) is 9.72 Å². The molecule has 18 nitrogen and oxygen atoms in total. The van der Waals surface area contributed by atoms with Gasteiger partial charge in [-0.05, 0) is 88.4 Å². The molecule has 26 heteroatoms. The van der Waals surface area contributed by atoms with Gasteiger partial charge in [0.1, 0.15) is 24.4 Å². The zero-order valence-electron chi connectivity index (χ0n) is 43.7. The number of alkyl halides is 8. The van der Waals surface area contributed by atoms with Crippen molar-refractivity contribution in [1.29, 1.82) is 0 Å². The van der Waals surface area contributed by atoms with E-state index in [0.717, 1.165) is 61.8 Å². The van der Waals surface area contributed by atoms with Gasteiger partial charge in [0, 0.05) is 67.3 Å². The predicted octanol–water partition coefficient (Wildman–Crippen LogP) is 6.12. The Morgan fingerprint density at radius 1 is 0.785 bits per heavy atom. The van der Waals surface area contributed by atoms with Crippen LogP contribution in [0.15, 0.2) is 79.1 Å². The summed E-state index contributed by atoms with van der Waals surface area (Å²) in [6.45, 7) is 3.86. The minimum atomic E-state index is -5.15. The van der Waals surface area contributed by atoms with Crippen molar-refractivity contribution >= 4 is 29.8 Å². The Balaban J connectivity index is 1.14. The average Bonchev–Trinajstić information content (AvgIpc) is 4.01. The highest BCUT2D eigenvalue weighted by molar-refractivity contribution is 5.87. The van der Waals surface area contributed by atoms with Crippen LogP contribution in [-0.4, -0.2) is 160 Å². The van der Waals surface area contributed by atoms with Gasteiger partial charge in [0.25, 0.3) is 12.3 Å². The Morgan fingerprint density at radius 2 is 1.37 bits per heavy atom. The fourth-order valence-corrected chi connectivity index (χ4v) is 9.69. The third kappa shape index (κ3) is 14.6. The number of alkyl carbamates (subject to hydrolysis) is 1. The van der Waals surface area contributed by atoms with E-state index >= 15 is 0 Å². The first-order valence-corrected chi connectivity index (χ1v) is 25.2. The van der Waals surface area contributed by atoms with Crippen molar-refractivity contribution in [2.45, 2.75) is 121 Å². The summed E-state index contributed by atoms with van der Waals surface area (Å²) >= 11 is 0. The van der Waals surface area contributed by atoms with Crippen molar-refractivity contribution in [3.63, 3.8) is 0 Å². The van der Waals surface area contributed by atoms with Gasteiger partial charge in [-0.3, -0.25) is 24.6 Å². The second-order valence-electron chi connectivity index (χ2n) is 20.9. The Labute approximate surface area is 450 Å². The largest absolute Gasteiger partial charge is 0.465 e. The van der Waals surface area contributed by atoms with Crippen LogP contribution in [0, 0.1) is 22.7 Å². The number of ether oxygens (including phenoxy) is 2. The minimum Gasteiger partial charge on any atom is -0.465 e. The monoisotopic (exact) mass is 1120 g/mol. The van der Waals surface area contributed by atoms with Gasteiger partial charge in [0.2, 0.25) is 5.91 Å². The molecule has 3 fully saturated rings. The Bertz CT molecular complexity index is 2810. The summed E-state index contributed by atoms with van der Waals surface area (Å²) in [6.07, 6.45) is -13.3. The van der Waals surface area contributed by atoms with E-state index in [1.54, 1.807) is 35.8 Å². The molecule has 5 heterocycles. The highest BCUT2D eigenvalue weighted by atomic mass is 19.4. The molecule has 6 N–H and O–H groups in total. The van der Waals surface area contributed by atoms with E-state index in [1.165, 1.54) is 36.5 Å². The molecule has 428 valence electrons. The van der Waals surface area contributed by atoms with Crippen LogP contribution in [0.3, 0.4) is 0 Å². The van der Waals surface area contributed by atoms with E-state index in [-0.39, 0.29) is 6.42 Å². The number of nitrogens with zero attached hydrogens (tertiary/aromatic N) is 6. The van der Waals surface area contributed by atoms with Gasteiger partial charge in [0.15, 0.2) is 0 Å². The number of piperazine rings is 1. The first-order chi connectivity index (χ1) is 37.1. The normalized spacial score (nSPS) is 18.7. The quantitative estimate of drug-likeness (QED) is 0.0335. The molecule has 4 aromatic rings. The number of aliphatic hydroxyl groups is 1. The number of hydrogen-bond acceptors (Lipinski definition) is 12. The smallest absolute Gasteiger partial charge is 0.407 e. The number of rotatable bonds is 20. The summed E-state index contributed by atoms with van der Waals surface area (Å²) in [5.74, 6) is 4.00. The third-order valence-corrected chi connectivity index (χ3v) is 14.6. The number of nitrogens with one attached hydrogen (secondary N) is 4. The topological polar surface area (TPSA) is 216 Å². The average molecular weight is 1120 g/mol. The number of carbonyl (C=O) groups excluding carboxylic acids is 3. The standard InChI is InChI=1S/C53H62F8N10O8/c1-50(2,52(56,57)58)44(64-48(75)76)46(73)63-40(22-32-9-6-31(7-10-32)8-11-33-14-19-43(62-23-33)68-25-36-17-18-37(26-68)71(36)38-29-79-30-38)41(72)27-70(67-47(74)45(65-49(77)78-5)51(3,4)53(59,60)61)24-34-12-15-35(16-13-34)39-20-21-69(66-39)28-42(54)55/h6-7,9-10,12-16,19-21,23,36-38,40-42,44-45,64,72H,17-18,22,24-30H2,1-5H3,(H,63,73)(H,65,77)(H,67,74)(H,75,76)/t36?,37?,40-,41-,44+,45+/m0/s1. The van der Waals surface area contributed by atoms with Gasteiger partial charge in [-0.15, -0.1) is 0 Å².